The van der Waals surface area contributed by atoms with Crippen LogP contribution in [0.5, 0.6) is 0 Å². The first-order chi connectivity index (χ1) is 21.7. The molecule has 0 saturated carbocycles. The van der Waals surface area contributed by atoms with Crippen molar-refractivity contribution in [2.75, 3.05) is 44.3 Å². The Morgan fingerprint density at radius 2 is 2.02 bits per heavy atom. The van der Waals surface area contributed by atoms with Gasteiger partial charge >= 0.3 is 11.9 Å². The van der Waals surface area contributed by atoms with E-state index in [1.807, 2.05) is 13.0 Å². The summed E-state index contributed by atoms with van der Waals surface area (Å²) >= 11 is 1.12. The Morgan fingerprint density at radius 1 is 1.16 bits per heavy atom. The van der Waals surface area contributed by atoms with Crippen molar-refractivity contribution in [1.82, 2.24) is 24.4 Å². The quantitative estimate of drug-likeness (QED) is 0.252. The van der Waals surface area contributed by atoms with Crippen LogP contribution in [0.15, 0.2) is 29.1 Å². The lowest BCUT2D eigenvalue weighted by atomic mass is 9.86. The maximum absolute atomic E-state index is 13.1. The van der Waals surface area contributed by atoms with Gasteiger partial charge in [0.2, 0.25) is 0 Å². The number of fused-ring (bicyclic) bond motifs is 2. The largest absolute Gasteiger partial charge is 0.393 e. The molecule has 13 heteroatoms. The number of aromatic amines is 1. The highest BCUT2D eigenvalue weighted by atomic mass is 32.1. The molecule has 1 N–H and O–H groups in total. The Morgan fingerprint density at radius 3 is 2.82 bits per heavy atom. The highest BCUT2D eigenvalue weighted by Crippen LogP contribution is 2.43. The minimum Gasteiger partial charge on any atom is -0.355 e. The molecule has 7 rings (SSSR count). The molecule has 0 radical (unpaired) electrons. The van der Waals surface area contributed by atoms with Crippen LogP contribution in [-0.2, 0) is 35.4 Å². The van der Waals surface area contributed by atoms with Crippen molar-refractivity contribution in [1.29, 1.82) is 0 Å². The molecule has 242 valence electrons. The van der Waals surface area contributed by atoms with E-state index in [0.29, 0.717) is 30.2 Å². The SMILES string of the molecule is CCc1nc(N2CCC3(CCN(Cc4ccc5c(c4)[nH]c(=O)n5CCOC4CCCCO4)C3)C2)c2cc(CC(F)(F)F)sc2n1. The van der Waals surface area contributed by atoms with E-state index in [-0.39, 0.29) is 22.3 Å². The van der Waals surface area contributed by atoms with Gasteiger partial charge in [0.15, 0.2) is 6.29 Å². The smallest absolute Gasteiger partial charge is 0.355 e. The molecular formula is C32H39F3N6O3S. The van der Waals surface area contributed by atoms with Crippen LogP contribution in [0.25, 0.3) is 21.3 Å². The van der Waals surface area contributed by atoms with Crippen LogP contribution in [-0.4, -0.2) is 76.3 Å². The van der Waals surface area contributed by atoms with Gasteiger partial charge in [-0.3, -0.25) is 9.47 Å². The van der Waals surface area contributed by atoms with Crippen molar-refractivity contribution in [3.63, 3.8) is 0 Å². The zero-order valence-electron chi connectivity index (χ0n) is 25.5. The molecule has 4 aromatic rings. The molecule has 3 aliphatic rings. The number of aryl methyl sites for hydroxylation is 1. The van der Waals surface area contributed by atoms with Crippen molar-refractivity contribution >= 4 is 38.4 Å². The van der Waals surface area contributed by atoms with Gasteiger partial charge in [0.1, 0.15) is 16.5 Å². The number of imidazole rings is 1. The maximum atomic E-state index is 13.1. The second kappa shape index (κ2) is 12.3. The molecule has 0 amide bonds. The number of thiophene rings is 1. The van der Waals surface area contributed by atoms with Crippen LogP contribution in [0.3, 0.4) is 0 Å². The highest BCUT2D eigenvalue weighted by molar-refractivity contribution is 7.18. The van der Waals surface area contributed by atoms with E-state index in [4.69, 9.17) is 14.5 Å². The number of likely N-dealkylation sites (tertiary alicyclic amines) is 1. The fourth-order valence-electron chi connectivity index (χ4n) is 7.20. The van der Waals surface area contributed by atoms with Gasteiger partial charge in [0, 0.05) is 49.5 Å². The number of nitrogens with one attached hydrogen (secondary N) is 1. The van der Waals surface area contributed by atoms with Crippen molar-refractivity contribution < 1.29 is 22.6 Å². The number of halogens is 3. The third-order valence-electron chi connectivity index (χ3n) is 9.42. The molecule has 6 heterocycles. The average Bonchev–Trinajstić information content (AvgIpc) is 3.78. The highest BCUT2D eigenvalue weighted by Gasteiger charge is 2.44. The number of rotatable bonds is 9. The lowest BCUT2D eigenvalue weighted by Crippen LogP contribution is -2.31. The van der Waals surface area contributed by atoms with Crippen molar-refractivity contribution in [3.8, 4) is 0 Å². The number of anilines is 1. The maximum Gasteiger partial charge on any atom is 0.393 e. The Kier molecular flexibility index (Phi) is 8.38. The molecule has 2 atom stereocenters. The normalized spacial score (nSPS) is 22.9. The summed E-state index contributed by atoms with van der Waals surface area (Å²) in [7, 11) is 0. The minimum atomic E-state index is -4.25. The summed E-state index contributed by atoms with van der Waals surface area (Å²) in [5, 5.41) is 0.728. The minimum absolute atomic E-state index is 0.109. The predicted octanol–water partition coefficient (Wildman–Crippen LogP) is 5.65. The van der Waals surface area contributed by atoms with Crippen molar-refractivity contribution in [3.05, 3.63) is 51.0 Å². The fourth-order valence-corrected chi connectivity index (χ4v) is 8.27. The van der Waals surface area contributed by atoms with Crippen LogP contribution in [0, 0.1) is 5.41 Å². The van der Waals surface area contributed by atoms with Gasteiger partial charge < -0.3 is 19.4 Å². The molecule has 3 saturated heterocycles. The standard InChI is InChI=1S/C32H39F3N6O3S/c1-2-26-37-28(23-16-22(17-32(33,34)35)45-29(23)38-26)40-11-9-31(20-40)8-10-39(19-31)18-21-6-7-25-24(15-21)36-30(42)41(25)12-14-44-27-5-3-4-13-43-27/h6-7,15-16,27H,2-5,8-14,17-20H2,1H3,(H,36,42). The number of nitrogens with zero attached hydrogens (tertiary/aromatic N) is 5. The molecule has 0 bridgehead atoms. The molecule has 2 unspecified atom stereocenters. The molecule has 1 spiro atoms. The summed E-state index contributed by atoms with van der Waals surface area (Å²) in [6.07, 6.45) is 0.396. The molecule has 3 fully saturated rings. The zero-order chi connectivity index (χ0) is 31.2. The van der Waals surface area contributed by atoms with E-state index in [9.17, 15) is 18.0 Å². The van der Waals surface area contributed by atoms with Crippen molar-refractivity contribution in [2.45, 2.75) is 77.4 Å². The van der Waals surface area contributed by atoms with Crippen LogP contribution in [0.2, 0.25) is 0 Å². The number of ether oxygens (including phenoxy) is 2. The third kappa shape index (κ3) is 6.63. The molecule has 1 aromatic carbocycles. The Hall–Kier alpha value is -3.00. The monoisotopic (exact) mass is 644 g/mol. The molecular weight excluding hydrogens is 605 g/mol. The molecule has 0 aliphatic carbocycles. The van der Waals surface area contributed by atoms with Gasteiger partial charge in [0.25, 0.3) is 0 Å². The van der Waals surface area contributed by atoms with Gasteiger partial charge in [0.05, 0.1) is 36.0 Å². The van der Waals surface area contributed by atoms with Gasteiger partial charge in [-0.2, -0.15) is 13.2 Å². The number of aromatic nitrogens is 4. The third-order valence-corrected chi connectivity index (χ3v) is 10.4. The van der Waals surface area contributed by atoms with E-state index in [0.717, 1.165) is 111 Å². The first-order valence-electron chi connectivity index (χ1n) is 15.9. The van der Waals surface area contributed by atoms with E-state index in [2.05, 4.69) is 31.9 Å². The summed E-state index contributed by atoms with van der Waals surface area (Å²) in [4.78, 5) is 30.8. The Balaban J connectivity index is 1.01. The Labute approximate surface area is 263 Å². The number of hydrogen-bond acceptors (Lipinski definition) is 8. The second-order valence-electron chi connectivity index (χ2n) is 12.8. The second-order valence-corrected chi connectivity index (χ2v) is 13.9. The summed E-state index contributed by atoms with van der Waals surface area (Å²) in [5.41, 5.74) is 2.82. The number of hydrogen-bond donors (Lipinski definition) is 1. The van der Waals surface area contributed by atoms with E-state index in [1.165, 1.54) is 0 Å². The number of benzene rings is 1. The molecule has 9 nitrogen and oxygen atoms in total. The summed E-state index contributed by atoms with van der Waals surface area (Å²) in [6.45, 7) is 7.94. The first-order valence-corrected chi connectivity index (χ1v) is 16.8. The Bertz CT molecular complexity index is 1730. The lowest BCUT2D eigenvalue weighted by molar-refractivity contribution is -0.163. The predicted molar refractivity (Wildman–Crippen MR) is 168 cm³/mol. The van der Waals surface area contributed by atoms with Crippen molar-refractivity contribution in [2.24, 2.45) is 5.41 Å². The summed E-state index contributed by atoms with van der Waals surface area (Å²) < 4.78 is 52.6. The van der Waals surface area contributed by atoms with Gasteiger partial charge in [-0.05, 0) is 62.4 Å². The summed E-state index contributed by atoms with van der Waals surface area (Å²) in [6, 6.07) is 7.83. The zero-order valence-corrected chi connectivity index (χ0v) is 26.3. The van der Waals surface area contributed by atoms with Crippen LogP contribution in [0.1, 0.15) is 55.3 Å². The van der Waals surface area contributed by atoms with Crippen LogP contribution < -0.4 is 10.6 Å². The molecule has 3 aromatic heterocycles. The topological polar surface area (TPSA) is 88.5 Å². The summed E-state index contributed by atoms with van der Waals surface area (Å²) in [5.74, 6) is 1.44. The number of alkyl halides is 3. The van der Waals surface area contributed by atoms with E-state index < -0.39 is 12.6 Å². The van der Waals surface area contributed by atoms with Gasteiger partial charge in [-0.25, -0.2) is 14.8 Å². The molecule has 3 aliphatic heterocycles. The lowest BCUT2D eigenvalue weighted by Gasteiger charge is -2.25. The van der Waals surface area contributed by atoms with Gasteiger partial charge in [-0.1, -0.05) is 13.0 Å². The van der Waals surface area contributed by atoms with Crippen LogP contribution >= 0.6 is 11.3 Å². The number of H-pyrrole nitrogens is 1. The van der Waals surface area contributed by atoms with Crippen LogP contribution in [0.4, 0.5) is 19.0 Å². The van der Waals surface area contributed by atoms with E-state index in [1.54, 1.807) is 10.6 Å². The first kappa shape index (κ1) is 30.6. The van der Waals surface area contributed by atoms with E-state index >= 15 is 0 Å². The van der Waals surface area contributed by atoms with Gasteiger partial charge in [-0.15, -0.1) is 11.3 Å². The average molecular weight is 645 g/mol. The fraction of sp³-hybridized carbons (Fsp3) is 0.594. The molecule has 45 heavy (non-hydrogen) atoms.